The van der Waals surface area contributed by atoms with E-state index in [-0.39, 0.29) is 12.7 Å². The summed E-state index contributed by atoms with van der Waals surface area (Å²) in [7, 11) is 0. The van der Waals surface area contributed by atoms with Crippen molar-refractivity contribution in [3.63, 3.8) is 0 Å². The third-order valence-corrected chi connectivity index (χ3v) is 1.88. The molecule has 1 heterocycles. The van der Waals surface area contributed by atoms with Gasteiger partial charge in [-0.25, -0.2) is 0 Å². The maximum atomic E-state index is 7.41. The van der Waals surface area contributed by atoms with E-state index in [0.29, 0.717) is 12.6 Å². The minimum Gasteiger partial charge on any atom is -0.371 e. The number of hydrogen-bond donors (Lipinski definition) is 1. The number of morpholine rings is 1. The first-order chi connectivity index (χ1) is 7.07. The van der Waals surface area contributed by atoms with Gasteiger partial charge in [0.05, 0.1) is 14.1 Å². The second kappa shape index (κ2) is 3.70. The van der Waals surface area contributed by atoms with Crippen molar-refractivity contribution in [1.82, 2.24) is 5.32 Å². The van der Waals surface area contributed by atoms with Crippen LogP contribution >= 0.6 is 0 Å². The molecule has 0 spiro atoms. The molecule has 1 N–H and O–H groups in total. The van der Waals surface area contributed by atoms with Crippen LogP contribution in [0.15, 0.2) is 30.3 Å². The van der Waals surface area contributed by atoms with E-state index in [9.17, 15) is 0 Å². The average molecular weight is 166 g/mol. The lowest BCUT2D eigenvalue weighted by Crippen LogP contribution is -2.33. The molecule has 0 unspecified atom stereocenters. The summed E-state index contributed by atoms with van der Waals surface area (Å²) in [6.45, 7) is -0.906. The highest BCUT2D eigenvalue weighted by Crippen LogP contribution is 2.17. The fourth-order valence-electron chi connectivity index (χ4n) is 1.25. The molecule has 2 nitrogen and oxygen atoms in total. The van der Waals surface area contributed by atoms with E-state index in [4.69, 9.17) is 8.85 Å². The monoisotopic (exact) mass is 166 g/mol. The zero-order valence-electron chi connectivity index (χ0n) is 9.71. The van der Waals surface area contributed by atoms with Gasteiger partial charge in [0.15, 0.2) is 0 Å². The largest absolute Gasteiger partial charge is 0.371 e. The summed E-state index contributed by atoms with van der Waals surface area (Å²) in [4.78, 5) is 0. The Morgan fingerprint density at radius 3 is 3.08 bits per heavy atom. The number of ether oxygens (including phenoxy) is 1. The Morgan fingerprint density at radius 2 is 2.42 bits per heavy atom. The van der Waals surface area contributed by atoms with E-state index >= 15 is 0 Å². The molecule has 2 rings (SSSR count). The summed E-state index contributed by atoms with van der Waals surface area (Å²) in [6, 6.07) is 7.58. The Morgan fingerprint density at radius 1 is 1.58 bits per heavy atom. The topological polar surface area (TPSA) is 21.3 Å². The molecule has 1 aliphatic rings. The van der Waals surface area contributed by atoms with Crippen molar-refractivity contribution in [2.75, 3.05) is 19.6 Å². The van der Waals surface area contributed by atoms with Crippen molar-refractivity contribution in [3.05, 3.63) is 35.9 Å². The molecule has 12 heavy (non-hydrogen) atoms. The standard InChI is InChI=1S/C10H13NO/c1-2-4-9(5-3-1)10-8-11-6-7-12-10/h1-5,10-11H,6-8H2/t10-/m1/s1/i1D,6D2. The molecule has 64 valence electrons. The first-order valence-corrected chi connectivity index (χ1v) is 4.00. The van der Waals surface area contributed by atoms with Crippen LogP contribution in [-0.4, -0.2) is 19.6 Å². The van der Waals surface area contributed by atoms with Crippen LogP contribution in [0.1, 0.15) is 15.8 Å². The summed E-state index contributed by atoms with van der Waals surface area (Å²) in [5.74, 6) is 0. The van der Waals surface area contributed by atoms with Crippen LogP contribution in [0.2, 0.25) is 0 Å². The molecular weight excluding hydrogens is 150 g/mol. The molecule has 1 atom stereocenters. The Kier molecular flexibility index (Phi) is 1.54. The summed E-state index contributed by atoms with van der Waals surface area (Å²) >= 11 is 0. The fraction of sp³-hybridized carbons (Fsp3) is 0.400. The van der Waals surface area contributed by atoms with Gasteiger partial charge in [0.2, 0.25) is 0 Å². The number of rotatable bonds is 1. The van der Waals surface area contributed by atoms with E-state index in [1.807, 2.05) is 12.1 Å². The predicted octanol–water partition coefficient (Wildman–Crippen LogP) is 1.35. The van der Waals surface area contributed by atoms with Crippen molar-refractivity contribution < 1.29 is 8.85 Å². The first kappa shape index (κ1) is 5.00. The van der Waals surface area contributed by atoms with E-state index in [1.54, 1.807) is 12.1 Å². The lowest BCUT2D eigenvalue weighted by molar-refractivity contribution is 0.0277. The molecule has 1 aliphatic heterocycles. The molecule has 0 aromatic heterocycles. The van der Waals surface area contributed by atoms with Crippen molar-refractivity contribution in [1.29, 1.82) is 0 Å². The normalized spacial score (nSPS) is 31.7. The Labute approximate surface area is 76.8 Å². The van der Waals surface area contributed by atoms with Crippen molar-refractivity contribution in [3.8, 4) is 0 Å². The lowest BCUT2D eigenvalue weighted by Gasteiger charge is -2.23. The Hall–Kier alpha value is -0.860. The average Bonchev–Trinajstić information content (AvgIpc) is 2.20. The summed E-state index contributed by atoms with van der Waals surface area (Å²) in [5, 5.41) is 2.78. The van der Waals surface area contributed by atoms with E-state index in [2.05, 4.69) is 5.32 Å². The Bertz CT molecular complexity index is 329. The van der Waals surface area contributed by atoms with Gasteiger partial charge in [-0.05, 0) is 5.56 Å². The summed E-state index contributed by atoms with van der Waals surface area (Å²) < 4.78 is 27.6. The van der Waals surface area contributed by atoms with Crippen LogP contribution < -0.4 is 5.32 Å². The SMILES string of the molecule is [2H]c1ccc([C@H]2CNC([2H])([2H])CO2)cc1. The smallest absolute Gasteiger partial charge is 0.0949 e. The highest BCUT2D eigenvalue weighted by Gasteiger charge is 2.14. The third kappa shape index (κ3) is 1.65. The molecule has 1 aromatic carbocycles. The number of benzene rings is 1. The second-order valence-corrected chi connectivity index (χ2v) is 2.69. The molecule has 1 saturated heterocycles. The van der Waals surface area contributed by atoms with E-state index < -0.39 is 6.50 Å². The second-order valence-electron chi connectivity index (χ2n) is 2.69. The molecule has 0 radical (unpaired) electrons. The van der Waals surface area contributed by atoms with Gasteiger partial charge in [0.1, 0.15) is 0 Å². The van der Waals surface area contributed by atoms with Crippen molar-refractivity contribution in [2.45, 2.75) is 6.10 Å². The maximum Gasteiger partial charge on any atom is 0.0949 e. The van der Waals surface area contributed by atoms with E-state index in [1.165, 1.54) is 0 Å². The van der Waals surface area contributed by atoms with E-state index in [0.717, 1.165) is 5.56 Å². The van der Waals surface area contributed by atoms with Crippen LogP contribution in [0, 0.1) is 0 Å². The molecule has 0 aliphatic carbocycles. The minimum atomic E-state index is -1.42. The highest BCUT2D eigenvalue weighted by molar-refractivity contribution is 5.18. The fourth-order valence-corrected chi connectivity index (χ4v) is 1.25. The molecule has 1 fully saturated rings. The highest BCUT2D eigenvalue weighted by atomic mass is 16.5. The number of nitrogens with one attached hydrogen (secondary N) is 1. The van der Waals surface area contributed by atoms with Crippen LogP contribution in [0.25, 0.3) is 0 Å². The Balaban J connectivity index is 2.04. The van der Waals surface area contributed by atoms with Gasteiger partial charge in [-0.1, -0.05) is 30.3 Å². The predicted molar refractivity (Wildman–Crippen MR) is 48.0 cm³/mol. The van der Waals surface area contributed by atoms with Crippen LogP contribution in [-0.2, 0) is 4.74 Å². The van der Waals surface area contributed by atoms with Gasteiger partial charge in [-0.2, -0.15) is 0 Å². The quantitative estimate of drug-likeness (QED) is 0.680. The van der Waals surface area contributed by atoms with Crippen LogP contribution in [0.3, 0.4) is 0 Å². The molecule has 0 bridgehead atoms. The zero-order valence-corrected chi connectivity index (χ0v) is 6.71. The summed E-state index contributed by atoms with van der Waals surface area (Å²) in [5.41, 5.74) is 0.981. The minimum absolute atomic E-state index is 0.0558. The van der Waals surface area contributed by atoms with Crippen LogP contribution in [0.4, 0.5) is 0 Å². The molecule has 0 amide bonds. The molecule has 0 saturated carbocycles. The lowest BCUT2D eigenvalue weighted by atomic mass is 10.1. The van der Waals surface area contributed by atoms with Gasteiger partial charge >= 0.3 is 0 Å². The van der Waals surface area contributed by atoms with Gasteiger partial charge in [-0.15, -0.1) is 0 Å². The molecule has 1 aromatic rings. The van der Waals surface area contributed by atoms with Gasteiger partial charge < -0.3 is 10.1 Å². The van der Waals surface area contributed by atoms with Crippen molar-refractivity contribution in [2.24, 2.45) is 0 Å². The van der Waals surface area contributed by atoms with Crippen molar-refractivity contribution >= 4 is 0 Å². The molecule has 2 heteroatoms. The van der Waals surface area contributed by atoms with Gasteiger partial charge in [0.25, 0.3) is 0 Å². The summed E-state index contributed by atoms with van der Waals surface area (Å²) in [6.07, 6.45) is -0.116. The molecular formula is C10H13NO. The first-order valence-electron chi connectivity index (χ1n) is 5.50. The van der Waals surface area contributed by atoms with Crippen LogP contribution in [0.5, 0.6) is 0 Å². The third-order valence-electron chi connectivity index (χ3n) is 1.88. The zero-order chi connectivity index (χ0) is 10.9. The maximum absolute atomic E-state index is 7.41. The number of hydrogen-bond acceptors (Lipinski definition) is 2. The van der Waals surface area contributed by atoms with Gasteiger partial charge in [-0.3, -0.25) is 0 Å². The van der Waals surface area contributed by atoms with Gasteiger partial charge in [0, 0.05) is 15.8 Å².